The third kappa shape index (κ3) is 6.66. The molecule has 0 bridgehead atoms. The van der Waals surface area contributed by atoms with Crippen molar-refractivity contribution in [2.24, 2.45) is 0 Å². The van der Waals surface area contributed by atoms with Crippen molar-refractivity contribution in [3.05, 3.63) is 0 Å². The van der Waals surface area contributed by atoms with Crippen LogP contribution in [0.4, 0.5) is 0 Å². The first-order valence-electron chi connectivity index (χ1n) is 9.36. The minimum Gasteiger partial charge on any atom is -0.376 e. The molecule has 3 nitrogen and oxygen atoms in total. The average molecular weight is 297 g/mol. The molecular weight excluding hydrogens is 262 g/mol. The fraction of sp³-hybridized carbons (Fsp3) is 1.00. The topological polar surface area (TPSA) is 30.5 Å². The molecule has 0 aromatic heterocycles. The molecule has 0 aromatic rings. The first-order valence-corrected chi connectivity index (χ1v) is 9.36. The van der Waals surface area contributed by atoms with Gasteiger partial charge in [0.1, 0.15) is 6.10 Å². The lowest BCUT2D eigenvalue weighted by Crippen LogP contribution is -2.47. The molecule has 3 heteroatoms. The molecule has 2 aliphatic rings. The van der Waals surface area contributed by atoms with Gasteiger partial charge in [0.15, 0.2) is 0 Å². The predicted octanol–water partition coefficient (Wildman–Crippen LogP) is 4.05. The van der Waals surface area contributed by atoms with Gasteiger partial charge in [0.2, 0.25) is 0 Å². The number of hydrogen-bond acceptors (Lipinski definition) is 3. The molecule has 2 fully saturated rings. The lowest BCUT2D eigenvalue weighted by Gasteiger charge is -2.35. The summed E-state index contributed by atoms with van der Waals surface area (Å²) in [6.45, 7) is 4.97. The van der Waals surface area contributed by atoms with Crippen LogP contribution < -0.4 is 5.32 Å². The van der Waals surface area contributed by atoms with Crippen molar-refractivity contribution in [2.75, 3.05) is 19.8 Å². The summed E-state index contributed by atoms with van der Waals surface area (Å²) in [5.74, 6) is 0. The normalized spacial score (nSPS) is 30.1. The van der Waals surface area contributed by atoms with Gasteiger partial charge in [-0.1, -0.05) is 58.3 Å². The highest BCUT2D eigenvalue weighted by Gasteiger charge is 2.28. The summed E-state index contributed by atoms with van der Waals surface area (Å²) >= 11 is 0. The first kappa shape index (κ1) is 17.2. The van der Waals surface area contributed by atoms with E-state index in [9.17, 15) is 0 Å². The van der Waals surface area contributed by atoms with Crippen molar-refractivity contribution in [1.82, 2.24) is 5.32 Å². The van der Waals surface area contributed by atoms with E-state index in [0.717, 1.165) is 19.8 Å². The Kier molecular flexibility index (Phi) is 8.68. The Morgan fingerprint density at radius 2 is 1.52 bits per heavy atom. The highest BCUT2D eigenvalue weighted by atomic mass is 16.6. The van der Waals surface area contributed by atoms with E-state index in [4.69, 9.17) is 9.47 Å². The molecule has 124 valence electrons. The molecule has 0 spiro atoms. The van der Waals surface area contributed by atoms with Crippen molar-refractivity contribution in [3.8, 4) is 0 Å². The summed E-state index contributed by atoms with van der Waals surface area (Å²) in [6.07, 6.45) is 15.6. The van der Waals surface area contributed by atoms with E-state index in [-0.39, 0.29) is 0 Å². The molecular formula is C18H35NO2. The minimum absolute atomic E-state index is 0.355. The number of nitrogens with one attached hydrogen (secondary N) is 1. The van der Waals surface area contributed by atoms with Crippen molar-refractivity contribution in [3.63, 3.8) is 0 Å². The SMILES string of the molecule is CCCNC1CCCCCCCCCCC1OC1COC1. The monoisotopic (exact) mass is 297 g/mol. The lowest BCUT2D eigenvalue weighted by molar-refractivity contribution is -0.162. The van der Waals surface area contributed by atoms with Gasteiger partial charge in [-0.3, -0.25) is 0 Å². The van der Waals surface area contributed by atoms with Gasteiger partial charge >= 0.3 is 0 Å². The lowest BCUT2D eigenvalue weighted by atomic mass is 9.95. The van der Waals surface area contributed by atoms with Crippen LogP contribution in [-0.4, -0.2) is 38.0 Å². The summed E-state index contributed by atoms with van der Waals surface area (Å²) < 4.78 is 11.6. The highest BCUT2D eigenvalue weighted by molar-refractivity contribution is 4.80. The van der Waals surface area contributed by atoms with Gasteiger partial charge in [-0.2, -0.15) is 0 Å². The molecule has 1 N–H and O–H groups in total. The van der Waals surface area contributed by atoms with Crippen LogP contribution >= 0.6 is 0 Å². The molecule has 1 heterocycles. The quantitative estimate of drug-likeness (QED) is 0.830. The zero-order chi connectivity index (χ0) is 14.8. The second-order valence-electron chi connectivity index (χ2n) is 6.80. The molecule has 1 saturated heterocycles. The Hall–Kier alpha value is -0.120. The predicted molar refractivity (Wildman–Crippen MR) is 87.7 cm³/mol. The molecule has 1 saturated carbocycles. The summed E-state index contributed by atoms with van der Waals surface area (Å²) in [6, 6.07) is 0.546. The van der Waals surface area contributed by atoms with Crippen LogP contribution in [0.2, 0.25) is 0 Å². The molecule has 2 unspecified atom stereocenters. The van der Waals surface area contributed by atoms with Crippen LogP contribution in [0.15, 0.2) is 0 Å². The fourth-order valence-corrected chi connectivity index (χ4v) is 3.42. The van der Waals surface area contributed by atoms with Gasteiger partial charge in [-0.05, 0) is 25.8 Å². The average Bonchev–Trinajstić information content (AvgIpc) is 2.44. The van der Waals surface area contributed by atoms with Crippen LogP contribution in [0.1, 0.15) is 77.6 Å². The van der Waals surface area contributed by atoms with Crippen LogP contribution in [-0.2, 0) is 9.47 Å². The van der Waals surface area contributed by atoms with E-state index >= 15 is 0 Å². The van der Waals surface area contributed by atoms with E-state index in [1.165, 1.54) is 70.6 Å². The maximum Gasteiger partial charge on any atom is 0.105 e. The van der Waals surface area contributed by atoms with Gasteiger partial charge in [-0.25, -0.2) is 0 Å². The van der Waals surface area contributed by atoms with Gasteiger partial charge in [0.25, 0.3) is 0 Å². The van der Waals surface area contributed by atoms with Crippen molar-refractivity contribution >= 4 is 0 Å². The third-order valence-corrected chi connectivity index (χ3v) is 4.83. The van der Waals surface area contributed by atoms with Crippen molar-refractivity contribution < 1.29 is 9.47 Å². The molecule has 2 atom stereocenters. The smallest absolute Gasteiger partial charge is 0.105 e. The highest BCUT2D eigenvalue weighted by Crippen LogP contribution is 2.22. The molecule has 1 aliphatic heterocycles. The Morgan fingerprint density at radius 3 is 2.10 bits per heavy atom. The van der Waals surface area contributed by atoms with E-state index in [0.29, 0.717) is 18.2 Å². The zero-order valence-corrected chi connectivity index (χ0v) is 13.9. The van der Waals surface area contributed by atoms with Crippen LogP contribution in [0.25, 0.3) is 0 Å². The summed E-state index contributed by atoms with van der Waals surface area (Å²) in [5, 5.41) is 3.76. The molecule has 1 aliphatic carbocycles. The Labute approximate surface area is 131 Å². The number of ether oxygens (including phenoxy) is 2. The Balaban J connectivity index is 1.87. The number of hydrogen-bond donors (Lipinski definition) is 1. The van der Waals surface area contributed by atoms with Gasteiger partial charge in [-0.15, -0.1) is 0 Å². The number of rotatable bonds is 5. The second-order valence-corrected chi connectivity index (χ2v) is 6.80. The van der Waals surface area contributed by atoms with Crippen LogP contribution in [0.5, 0.6) is 0 Å². The standard InChI is InChI=1S/C18H35NO2/c1-2-13-19-17-11-9-7-5-3-4-6-8-10-12-18(17)21-16-14-20-15-16/h16-19H,2-15H2,1H3. The van der Waals surface area contributed by atoms with Crippen LogP contribution in [0, 0.1) is 0 Å². The van der Waals surface area contributed by atoms with Gasteiger partial charge in [0, 0.05) is 6.04 Å². The van der Waals surface area contributed by atoms with E-state index in [1.807, 2.05) is 0 Å². The van der Waals surface area contributed by atoms with Crippen molar-refractivity contribution in [2.45, 2.75) is 95.8 Å². The second kappa shape index (κ2) is 10.6. The molecule has 0 amide bonds. The van der Waals surface area contributed by atoms with Gasteiger partial charge < -0.3 is 14.8 Å². The maximum atomic E-state index is 6.35. The molecule has 0 radical (unpaired) electrons. The molecule has 0 aromatic carbocycles. The Morgan fingerprint density at radius 1 is 0.905 bits per heavy atom. The summed E-state index contributed by atoms with van der Waals surface area (Å²) in [4.78, 5) is 0. The fourth-order valence-electron chi connectivity index (χ4n) is 3.42. The zero-order valence-electron chi connectivity index (χ0n) is 13.9. The van der Waals surface area contributed by atoms with E-state index in [2.05, 4.69) is 12.2 Å². The first-order chi connectivity index (χ1) is 10.4. The third-order valence-electron chi connectivity index (χ3n) is 4.83. The largest absolute Gasteiger partial charge is 0.376 e. The van der Waals surface area contributed by atoms with E-state index < -0.39 is 0 Å². The van der Waals surface area contributed by atoms with E-state index in [1.54, 1.807) is 0 Å². The summed E-state index contributed by atoms with van der Waals surface area (Å²) in [7, 11) is 0. The Bertz CT molecular complexity index is 256. The van der Waals surface area contributed by atoms with Crippen LogP contribution in [0.3, 0.4) is 0 Å². The molecule has 2 rings (SSSR count). The minimum atomic E-state index is 0.355. The van der Waals surface area contributed by atoms with Crippen molar-refractivity contribution in [1.29, 1.82) is 0 Å². The summed E-state index contributed by atoms with van der Waals surface area (Å²) in [5.41, 5.74) is 0. The maximum absolute atomic E-state index is 6.35. The van der Waals surface area contributed by atoms with Gasteiger partial charge in [0.05, 0.1) is 19.3 Å². The molecule has 21 heavy (non-hydrogen) atoms.